The minimum Gasteiger partial charge on any atom is -0.476 e. The summed E-state index contributed by atoms with van der Waals surface area (Å²) in [5.41, 5.74) is 31.9. The van der Waals surface area contributed by atoms with Crippen LogP contribution in [0, 0.1) is 17.7 Å². The Kier molecular flexibility index (Phi) is 31.5. The number of aliphatic hydroxyl groups is 3. The van der Waals surface area contributed by atoms with Crippen LogP contribution in [0.2, 0.25) is 5.15 Å². The van der Waals surface area contributed by atoms with Crippen LogP contribution < -0.4 is 57.3 Å². The highest BCUT2D eigenvalue weighted by Crippen LogP contribution is 2.36. The molecule has 0 unspecified atom stereocenters. The second kappa shape index (κ2) is 40.0. The van der Waals surface area contributed by atoms with Crippen molar-refractivity contribution in [3.05, 3.63) is 169 Å². The van der Waals surface area contributed by atoms with Crippen molar-refractivity contribution in [2.75, 3.05) is 75.0 Å². The quantitative estimate of drug-likeness (QED) is 0.0198. The van der Waals surface area contributed by atoms with Gasteiger partial charge >= 0.3 is 0 Å². The molecule has 0 aliphatic carbocycles. The van der Waals surface area contributed by atoms with Crippen molar-refractivity contribution in [2.24, 2.45) is 31.4 Å². The standard InChI is InChI=1S/2C26H29N9O3.C11H14N2O2.C5H6ClN3.CH4.3ClH/c2*1-2-3-14-37-25-21(19-9-4-6-11-34(19)32-25)29-23-17(27)16-18(28)24(31-23)30-22-20-10-5-7-12-35(20)33-26(22)38-15-8-13-36;1-9-10-5-2-3-6-13(10)12-11(9)15-8-4-7-14;6-5-4(8)1-3(7)2-9-5;;;;/h2*4-7,9-12,16,28,36H,2-3,8,13-15,27H2,1H3,(H,29,30,31);2-3,5-6,14H,4,7-8H2,1H3;1-2H,7-8H2;1H4;3*1H. The molecule has 0 atom stereocenters. The number of nitrogens with two attached hydrogens (primary N) is 4. The fourth-order valence-electron chi connectivity index (χ4n) is 9.63. The maximum atomic E-state index is 9.14. The number of anilines is 4. The molecular weight excluding hydrogens is 1420 g/mol. The third kappa shape index (κ3) is 20.4. The highest BCUT2D eigenvalue weighted by atomic mass is 35.5. The highest BCUT2D eigenvalue weighted by Gasteiger charge is 2.26. The molecule has 0 amide bonds. The van der Waals surface area contributed by atoms with Gasteiger partial charge in [-0.2, -0.15) is 0 Å². The zero-order chi connectivity index (χ0) is 70.5. The van der Waals surface area contributed by atoms with E-state index < -0.39 is 0 Å². The van der Waals surface area contributed by atoms with E-state index in [1.807, 2.05) is 117 Å². The molecule has 2 aliphatic heterocycles. The van der Waals surface area contributed by atoms with Crippen LogP contribution in [0.3, 0.4) is 0 Å². The number of unbranched alkanes of at least 4 members (excludes halogenated alkanes) is 2. The molecule has 552 valence electrons. The number of nitrogens with one attached hydrogen (secondary N) is 4. The SMILES string of the molecule is C.CCCCOc1nn2ccccc2c1N=C1N=C(Nc2c(OCCCO)nn3ccccc23)C(=N)C=C1N.CCCCOc1nn2ccccc2c1N=C1N=C(Nc2c(OCCCO)nn3ccccc23)C(=N)C=C1N.Cc1c(OCCCO)nn2ccccc12.Cl.Cl.Cl.Nc1cnc(Cl)c(N)c1. The third-order valence-electron chi connectivity index (χ3n) is 14.7. The number of dihydropyridines is 2. The number of nitrogens with zero attached hydrogens (tertiary/aromatic N) is 15. The Balaban J connectivity index is 0.000000241. The number of aliphatic imine (C=N–C) groups is 4. The number of hydrogen-bond acceptors (Lipinski definition) is 24. The molecule has 0 bridgehead atoms. The Bertz CT molecular complexity index is 4650. The van der Waals surface area contributed by atoms with Crippen molar-refractivity contribution < 1.29 is 39.0 Å². The molecule has 13 heterocycles. The lowest BCUT2D eigenvalue weighted by Gasteiger charge is -2.15. The normalized spacial score (nSPS) is 13.1. The predicted octanol–water partition coefficient (Wildman–Crippen LogP) is 10.9. The lowest BCUT2D eigenvalue weighted by Crippen LogP contribution is -2.29. The van der Waals surface area contributed by atoms with Crippen molar-refractivity contribution in [2.45, 2.75) is 73.1 Å². The number of fused-ring (bicyclic) bond motifs is 5. The fraction of sp³-hybridized carbons (Fsp3) is 0.275. The van der Waals surface area contributed by atoms with E-state index >= 15 is 0 Å². The third-order valence-corrected chi connectivity index (χ3v) is 15.0. The van der Waals surface area contributed by atoms with Crippen LogP contribution >= 0.6 is 48.8 Å². The largest absolute Gasteiger partial charge is 0.476 e. The molecule has 0 saturated carbocycles. The van der Waals surface area contributed by atoms with Gasteiger partial charge in [-0.25, -0.2) is 47.5 Å². The number of pyridine rings is 6. The van der Waals surface area contributed by atoms with Crippen molar-refractivity contribution in [3.63, 3.8) is 0 Å². The first-order valence-electron chi connectivity index (χ1n) is 32.2. The van der Waals surface area contributed by atoms with E-state index in [0.29, 0.717) is 108 Å². The van der Waals surface area contributed by atoms with Gasteiger partial charge in [0.25, 0.3) is 23.5 Å². The minimum absolute atomic E-state index is 0. The molecule has 11 aromatic heterocycles. The molecule has 0 radical (unpaired) electrons. The van der Waals surface area contributed by atoms with E-state index in [9.17, 15) is 0 Å². The van der Waals surface area contributed by atoms with Crippen LogP contribution in [0.25, 0.3) is 27.6 Å². The smallest absolute Gasteiger partial charge is 0.260 e. The number of halogens is 4. The molecule has 15 N–H and O–H groups in total. The van der Waals surface area contributed by atoms with E-state index in [4.69, 9.17) is 94.3 Å². The molecule has 13 rings (SSSR count). The molecule has 2 aliphatic rings. The molecule has 0 aromatic carbocycles. The number of hydrogen-bond donors (Lipinski definition) is 11. The Morgan fingerprint density at radius 2 is 0.817 bits per heavy atom. The summed E-state index contributed by atoms with van der Waals surface area (Å²) in [7, 11) is 0. The lowest BCUT2D eigenvalue weighted by atomic mass is 10.2. The Labute approximate surface area is 622 Å². The second-order valence-electron chi connectivity index (χ2n) is 22.1. The molecule has 11 aromatic rings. The Morgan fingerprint density at radius 1 is 0.481 bits per heavy atom. The first-order chi connectivity index (χ1) is 48.7. The van der Waals surface area contributed by atoms with Crippen LogP contribution in [0.4, 0.5) is 34.1 Å². The number of ether oxygens (including phenoxy) is 5. The summed E-state index contributed by atoms with van der Waals surface area (Å²) in [6.45, 7) is 8.42. The molecular formula is C69H85Cl4N23O8. The molecule has 0 saturated heterocycles. The summed E-state index contributed by atoms with van der Waals surface area (Å²) >= 11 is 5.49. The summed E-state index contributed by atoms with van der Waals surface area (Å²) in [6.07, 6.45) is 18.9. The minimum atomic E-state index is 0. The van der Waals surface area contributed by atoms with Crippen LogP contribution in [-0.4, -0.2) is 156 Å². The number of aliphatic hydroxyl groups excluding tert-OH is 3. The van der Waals surface area contributed by atoms with Gasteiger partial charge in [0.15, 0.2) is 39.9 Å². The molecule has 31 nitrogen and oxygen atoms in total. The van der Waals surface area contributed by atoms with Crippen molar-refractivity contribution >= 4 is 145 Å². The predicted molar refractivity (Wildman–Crippen MR) is 416 cm³/mol. The van der Waals surface area contributed by atoms with Gasteiger partial charge in [-0.15, -0.1) is 62.7 Å². The topological polar surface area (TPSA) is 432 Å². The zero-order valence-corrected chi connectivity index (χ0v) is 59.7. The summed E-state index contributed by atoms with van der Waals surface area (Å²) in [4.78, 5) is 22.4. The summed E-state index contributed by atoms with van der Waals surface area (Å²) < 4.78 is 37.5. The van der Waals surface area contributed by atoms with Gasteiger partial charge in [0.1, 0.15) is 11.4 Å². The first kappa shape index (κ1) is 81.9. The number of aromatic nitrogens is 11. The Hall–Kier alpha value is -11.1. The average molecular weight is 1510 g/mol. The van der Waals surface area contributed by atoms with Crippen LogP contribution in [-0.2, 0) is 0 Å². The summed E-state index contributed by atoms with van der Waals surface area (Å²) in [6, 6.07) is 30.0. The highest BCUT2D eigenvalue weighted by molar-refractivity contribution is 6.53. The Morgan fingerprint density at radius 3 is 1.19 bits per heavy atom. The van der Waals surface area contributed by atoms with Gasteiger partial charge in [0.2, 0.25) is 5.88 Å². The van der Waals surface area contributed by atoms with Crippen molar-refractivity contribution in [1.29, 1.82) is 10.8 Å². The monoisotopic (exact) mass is 1500 g/mol. The summed E-state index contributed by atoms with van der Waals surface area (Å²) in [5.74, 6) is 2.99. The molecule has 104 heavy (non-hydrogen) atoms. The van der Waals surface area contributed by atoms with E-state index in [1.54, 1.807) is 41.0 Å². The maximum absolute atomic E-state index is 9.14. The number of aryl methyl sites for hydroxylation is 1. The number of amidine groups is 4. The van der Waals surface area contributed by atoms with Gasteiger partial charge in [-0.3, -0.25) is 10.8 Å². The fourth-order valence-corrected chi connectivity index (χ4v) is 9.73. The first-order valence-corrected chi connectivity index (χ1v) is 32.6. The van der Waals surface area contributed by atoms with E-state index in [0.717, 1.165) is 58.8 Å². The maximum Gasteiger partial charge on any atom is 0.260 e. The molecule has 0 fully saturated rings. The number of nitrogen functional groups attached to an aromatic ring is 2. The van der Waals surface area contributed by atoms with Gasteiger partial charge in [0.05, 0.1) is 101 Å². The van der Waals surface area contributed by atoms with Gasteiger partial charge in [-0.05, 0) is 98.6 Å². The van der Waals surface area contributed by atoms with Gasteiger partial charge < -0.3 is 72.6 Å². The van der Waals surface area contributed by atoms with Crippen LogP contribution in [0.5, 0.6) is 29.4 Å². The van der Waals surface area contributed by atoms with E-state index in [2.05, 4.69) is 64.9 Å². The molecule has 35 heteroatoms. The molecule has 0 spiro atoms. The van der Waals surface area contributed by atoms with Crippen LogP contribution in [0.1, 0.15) is 71.8 Å². The average Bonchev–Trinajstić information content (AvgIpc) is 1.59. The van der Waals surface area contributed by atoms with Crippen LogP contribution in [0.15, 0.2) is 178 Å². The van der Waals surface area contributed by atoms with Gasteiger partial charge in [-0.1, -0.05) is 76.0 Å². The lowest BCUT2D eigenvalue weighted by molar-refractivity contribution is 0.228. The van der Waals surface area contributed by atoms with Crippen molar-refractivity contribution in [3.8, 4) is 29.4 Å². The summed E-state index contributed by atoms with van der Waals surface area (Å²) in [5, 5.41) is 72.9. The van der Waals surface area contributed by atoms with E-state index in [-0.39, 0.29) is 124 Å². The van der Waals surface area contributed by atoms with Gasteiger partial charge in [0, 0.05) is 75.6 Å². The van der Waals surface area contributed by atoms with Crippen molar-refractivity contribution in [1.82, 2.24) is 53.1 Å². The van der Waals surface area contributed by atoms with E-state index in [1.165, 1.54) is 18.3 Å². The number of rotatable bonds is 24. The zero-order valence-electron chi connectivity index (χ0n) is 56.5. The second-order valence-corrected chi connectivity index (χ2v) is 22.5.